The maximum atomic E-state index is 13.1. The maximum absolute atomic E-state index is 13.1. The van der Waals surface area contributed by atoms with E-state index < -0.39 is 0 Å². The fourth-order valence-corrected chi connectivity index (χ4v) is 1.76. The van der Waals surface area contributed by atoms with Crippen molar-refractivity contribution in [3.8, 4) is 16.9 Å². The summed E-state index contributed by atoms with van der Waals surface area (Å²) in [7, 11) is 0. The Morgan fingerprint density at radius 3 is 2.39 bits per heavy atom. The number of halogens is 1. The molecule has 0 bridgehead atoms. The van der Waals surface area contributed by atoms with Gasteiger partial charge in [-0.25, -0.2) is 4.39 Å². The molecule has 2 N–H and O–H groups in total. The predicted octanol–water partition coefficient (Wildman–Crippen LogP) is 3.86. The van der Waals surface area contributed by atoms with Crippen LogP contribution >= 0.6 is 0 Å². The van der Waals surface area contributed by atoms with E-state index in [1.807, 2.05) is 32.0 Å². The molecule has 0 saturated heterocycles. The van der Waals surface area contributed by atoms with Crippen LogP contribution in [0.1, 0.15) is 13.8 Å². The van der Waals surface area contributed by atoms with E-state index in [4.69, 9.17) is 10.5 Å². The highest BCUT2D eigenvalue weighted by molar-refractivity contribution is 5.70. The standard InChI is InChI=1S/C15H16FNO/c1-10(2)18-15-7-6-12(9-14(15)17)11-4-3-5-13(16)8-11/h3-10H,17H2,1-2H3. The molecular weight excluding hydrogens is 229 g/mol. The van der Waals surface area contributed by atoms with Crippen molar-refractivity contribution in [3.63, 3.8) is 0 Å². The van der Waals surface area contributed by atoms with Crippen LogP contribution in [0.5, 0.6) is 5.75 Å². The van der Waals surface area contributed by atoms with Gasteiger partial charge in [0.15, 0.2) is 0 Å². The molecule has 0 fully saturated rings. The first-order chi connectivity index (χ1) is 8.56. The lowest BCUT2D eigenvalue weighted by atomic mass is 10.0. The minimum Gasteiger partial charge on any atom is -0.489 e. The van der Waals surface area contributed by atoms with Gasteiger partial charge in [0.2, 0.25) is 0 Å². The summed E-state index contributed by atoms with van der Waals surface area (Å²) in [6.45, 7) is 3.89. The molecule has 2 rings (SSSR count). The molecule has 0 heterocycles. The van der Waals surface area contributed by atoms with Crippen molar-refractivity contribution in [3.05, 3.63) is 48.3 Å². The minimum absolute atomic E-state index is 0.0762. The molecule has 0 unspecified atom stereocenters. The van der Waals surface area contributed by atoms with Crippen molar-refractivity contribution < 1.29 is 9.13 Å². The number of benzene rings is 2. The summed E-state index contributed by atoms with van der Waals surface area (Å²) in [6, 6.07) is 11.9. The minimum atomic E-state index is -0.256. The van der Waals surface area contributed by atoms with Gasteiger partial charge in [-0.15, -0.1) is 0 Å². The third-order valence-corrected chi connectivity index (χ3v) is 2.53. The van der Waals surface area contributed by atoms with Crippen LogP contribution in [0.25, 0.3) is 11.1 Å². The van der Waals surface area contributed by atoms with Gasteiger partial charge in [-0.2, -0.15) is 0 Å². The van der Waals surface area contributed by atoms with E-state index in [0.29, 0.717) is 11.4 Å². The van der Waals surface area contributed by atoms with Crippen LogP contribution in [0, 0.1) is 5.82 Å². The summed E-state index contributed by atoms with van der Waals surface area (Å²) in [4.78, 5) is 0. The van der Waals surface area contributed by atoms with Crippen molar-refractivity contribution in [2.24, 2.45) is 0 Å². The van der Waals surface area contributed by atoms with Gasteiger partial charge in [-0.3, -0.25) is 0 Å². The van der Waals surface area contributed by atoms with Crippen LogP contribution in [-0.4, -0.2) is 6.10 Å². The van der Waals surface area contributed by atoms with E-state index in [0.717, 1.165) is 11.1 Å². The lowest BCUT2D eigenvalue weighted by Crippen LogP contribution is -2.07. The quantitative estimate of drug-likeness (QED) is 0.833. The first-order valence-corrected chi connectivity index (χ1v) is 5.88. The summed E-state index contributed by atoms with van der Waals surface area (Å²) in [5.74, 6) is 0.402. The van der Waals surface area contributed by atoms with Crippen molar-refractivity contribution >= 4 is 5.69 Å². The van der Waals surface area contributed by atoms with Crippen molar-refractivity contribution in [2.45, 2.75) is 20.0 Å². The summed E-state index contributed by atoms with van der Waals surface area (Å²) >= 11 is 0. The molecule has 94 valence electrons. The zero-order valence-electron chi connectivity index (χ0n) is 10.5. The smallest absolute Gasteiger partial charge is 0.142 e. The van der Waals surface area contributed by atoms with E-state index in [9.17, 15) is 4.39 Å². The second-order valence-corrected chi connectivity index (χ2v) is 4.43. The molecule has 18 heavy (non-hydrogen) atoms. The summed E-state index contributed by atoms with van der Waals surface area (Å²) in [5, 5.41) is 0. The predicted molar refractivity (Wildman–Crippen MR) is 72.0 cm³/mol. The van der Waals surface area contributed by atoms with E-state index in [1.165, 1.54) is 12.1 Å². The molecule has 0 saturated carbocycles. The Bertz CT molecular complexity index is 552. The number of nitrogens with two attached hydrogens (primary N) is 1. The number of hydrogen-bond donors (Lipinski definition) is 1. The third kappa shape index (κ3) is 2.80. The molecule has 0 atom stereocenters. The van der Waals surface area contributed by atoms with Crippen LogP contribution < -0.4 is 10.5 Å². The van der Waals surface area contributed by atoms with Crippen LogP contribution in [0.4, 0.5) is 10.1 Å². The number of rotatable bonds is 3. The molecule has 2 nitrogen and oxygen atoms in total. The summed E-state index contributed by atoms with van der Waals surface area (Å²) < 4.78 is 18.7. The molecule has 0 aliphatic carbocycles. The Morgan fingerprint density at radius 1 is 1.06 bits per heavy atom. The lowest BCUT2D eigenvalue weighted by molar-refractivity contribution is 0.244. The number of nitrogen functional groups attached to an aromatic ring is 1. The Balaban J connectivity index is 2.34. The van der Waals surface area contributed by atoms with Crippen LogP contribution in [0.15, 0.2) is 42.5 Å². The largest absolute Gasteiger partial charge is 0.489 e. The topological polar surface area (TPSA) is 35.2 Å². The normalized spacial score (nSPS) is 10.7. The average Bonchev–Trinajstić information content (AvgIpc) is 2.31. The van der Waals surface area contributed by atoms with E-state index >= 15 is 0 Å². The van der Waals surface area contributed by atoms with Gasteiger partial charge in [0.1, 0.15) is 11.6 Å². The SMILES string of the molecule is CC(C)Oc1ccc(-c2cccc(F)c2)cc1N. The Kier molecular flexibility index (Phi) is 3.51. The van der Waals surface area contributed by atoms with Crippen LogP contribution in [0.3, 0.4) is 0 Å². The lowest BCUT2D eigenvalue weighted by Gasteiger charge is -2.13. The molecule has 0 radical (unpaired) electrons. The maximum Gasteiger partial charge on any atom is 0.142 e. The monoisotopic (exact) mass is 245 g/mol. The molecular formula is C15H16FNO. The van der Waals surface area contributed by atoms with Gasteiger partial charge in [0.25, 0.3) is 0 Å². The average molecular weight is 245 g/mol. The number of ether oxygens (including phenoxy) is 1. The van der Waals surface area contributed by atoms with E-state index in [2.05, 4.69) is 0 Å². The van der Waals surface area contributed by atoms with E-state index in [1.54, 1.807) is 12.1 Å². The highest BCUT2D eigenvalue weighted by Gasteiger charge is 2.06. The fraction of sp³-hybridized carbons (Fsp3) is 0.200. The Labute approximate surface area is 106 Å². The molecule has 2 aromatic rings. The molecule has 0 aromatic heterocycles. The van der Waals surface area contributed by atoms with Crippen molar-refractivity contribution in [1.82, 2.24) is 0 Å². The molecule has 0 aliphatic rings. The molecule has 0 spiro atoms. The van der Waals surface area contributed by atoms with Gasteiger partial charge in [-0.05, 0) is 49.2 Å². The second kappa shape index (κ2) is 5.08. The highest BCUT2D eigenvalue weighted by atomic mass is 19.1. The van der Waals surface area contributed by atoms with Gasteiger partial charge in [0, 0.05) is 0 Å². The Hall–Kier alpha value is -2.03. The third-order valence-electron chi connectivity index (χ3n) is 2.53. The van der Waals surface area contributed by atoms with Crippen molar-refractivity contribution in [1.29, 1.82) is 0 Å². The second-order valence-electron chi connectivity index (χ2n) is 4.43. The van der Waals surface area contributed by atoms with Crippen LogP contribution in [0.2, 0.25) is 0 Å². The first-order valence-electron chi connectivity index (χ1n) is 5.88. The fourth-order valence-electron chi connectivity index (χ4n) is 1.76. The summed E-state index contributed by atoms with van der Waals surface area (Å²) in [5.41, 5.74) is 8.17. The Morgan fingerprint density at radius 2 is 1.78 bits per heavy atom. The van der Waals surface area contributed by atoms with Gasteiger partial charge >= 0.3 is 0 Å². The molecule has 2 aromatic carbocycles. The van der Waals surface area contributed by atoms with Gasteiger partial charge in [-0.1, -0.05) is 18.2 Å². The number of anilines is 1. The van der Waals surface area contributed by atoms with Crippen LogP contribution in [-0.2, 0) is 0 Å². The zero-order valence-corrected chi connectivity index (χ0v) is 10.5. The van der Waals surface area contributed by atoms with Crippen molar-refractivity contribution in [2.75, 3.05) is 5.73 Å². The molecule has 3 heteroatoms. The molecule has 0 aliphatic heterocycles. The zero-order chi connectivity index (χ0) is 13.1. The number of hydrogen-bond acceptors (Lipinski definition) is 2. The van der Waals surface area contributed by atoms with E-state index in [-0.39, 0.29) is 11.9 Å². The van der Waals surface area contributed by atoms with Gasteiger partial charge in [0.05, 0.1) is 11.8 Å². The van der Waals surface area contributed by atoms with Gasteiger partial charge < -0.3 is 10.5 Å². The molecule has 0 amide bonds. The first kappa shape index (κ1) is 12.4. The highest BCUT2D eigenvalue weighted by Crippen LogP contribution is 2.29. The summed E-state index contributed by atoms with van der Waals surface area (Å²) in [6.07, 6.45) is 0.0762.